The second kappa shape index (κ2) is 4.05. The summed E-state index contributed by atoms with van der Waals surface area (Å²) in [5.41, 5.74) is 0.849. The molecule has 0 amide bonds. The summed E-state index contributed by atoms with van der Waals surface area (Å²) in [4.78, 5) is 17.1. The molecule has 84 valence electrons. The van der Waals surface area contributed by atoms with E-state index >= 15 is 0 Å². The topological polar surface area (TPSA) is 89.6 Å². The van der Waals surface area contributed by atoms with Crippen LogP contribution in [0.15, 0.2) is 16.9 Å². The van der Waals surface area contributed by atoms with Gasteiger partial charge >= 0.3 is 5.82 Å². The normalized spacial score (nSPS) is 10.6. The van der Waals surface area contributed by atoms with E-state index in [1.165, 1.54) is 4.68 Å². The molecular formula is C8H8BrN5O2. The number of nitrogens with zero attached hydrogens (tertiary/aromatic N) is 4. The summed E-state index contributed by atoms with van der Waals surface area (Å²) in [6, 6.07) is 0. The third-order valence-electron chi connectivity index (χ3n) is 1.96. The van der Waals surface area contributed by atoms with Crippen LogP contribution in [-0.4, -0.2) is 24.7 Å². The molecule has 0 aliphatic heterocycles. The quantitative estimate of drug-likeness (QED) is 0.686. The highest BCUT2D eigenvalue weighted by Gasteiger charge is 2.18. The number of aromatic amines is 1. The van der Waals surface area contributed by atoms with E-state index in [4.69, 9.17) is 0 Å². The molecule has 0 bridgehead atoms. The van der Waals surface area contributed by atoms with E-state index in [1.807, 2.05) is 6.92 Å². The number of rotatable bonds is 3. The lowest BCUT2D eigenvalue weighted by Crippen LogP contribution is -2.01. The standard InChI is InChI=1S/C8H8BrN5O2/c1-5-10-2-6(11-5)3-13-4-7(9)8(12-13)14(15)16/h2,4H,3H2,1H3,(H,10,11). The molecule has 0 radical (unpaired) electrons. The number of halogens is 1. The Labute approximate surface area is 98.8 Å². The molecule has 0 atom stereocenters. The molecule has 0 saturated carbocycles. The predicted molar refractivity (Wildman–Crippen MR) is 59.0 cm³/mol. The van der Waals surface area contributed by atoms with Gasteiger partial charge in [-0.05, 0) is 27.8 Å². The van der Waals surface area contributed by atoms with Crippen LogP contribution in [0.3, 0.4) is 0 Å². The summed E-state index contributed by atoms with van der Waals surface area (Å²) in [6.07, 6.45) is 3.24. The molecule has 0 aliphatic rings. The molecular weight excluding hydrogens is 278 g/mol. The van der Waals surface area contributed by atoms with Crippen LogP contribution in [-0.2, 0) is 6.54 Å². The van der Waals surface area contributed by atoms with Gasteiger partial charge in [-0.2, -0.15) is 4.68 Å². The van der Waals surface area contributed by atoms with Gasteiger partial charge in [-0.3, -0.25) is 0 Å². The number of aromatic nitrogens is 4. The van der Waals surface area contributed by atoms with Gasteiger partial charge in [0.25, 0.3) is 0 Å². The van der Waals surface area contributed by atoms with Crippen LogP contribution < -0.4 is 0 Å². The fourth-order valence-electron chi connectivity index (χ4n) is 1.32. The van der Waals surface area contributed by atoms with Crippen molar-refractivity contribution in [3.8, 4) is 0 Å². The van der Waals surface area contributed by atoms with Gasteiger partial charge in [-0.1, -0.05) is 0 Å². The summed E-state index contributed by atoms with van der Waals surface area (Å²) < 4.78 is 1.85. The molecule has 2 rings (SSSR count). The lowest BCUT2D eigenvalue weighted by atomic mass is 10.5. The van der Waals surface area contributed by atoms with E-state index < -0.39 is 4.92 Å². The Morgan fingerprint density at radius 1 is 1.69 bits per heavy atom. The van der Waals surface area contributed by atoms with Gasteiger partial charge in [-0.15, -0.1) is 0 Å². The molecule has 0 saturated heterocycles. The number of hydrogen-bond acceptors (Lipinski definition) is 4. The summed E-state index contributed by atoms with van der Waals surface area (Å²) >= 11 is 3.09. The number of aryl methyl sites for hydroxylation is 1. The van der Waals surface area contributed by atoms with E-state index in [0.717, 1.165) is 11.5 Å². The van der Waals surface area contributed by atoms with Gasteiger partial charge in [0.1, 0.15) is 16.8 Å². The number of nitro groups is 1. The highest BCUT2D eigenvalue weighted by Crippen LogP contribution is 2.22. The minimum atomic E-state index is -0.529. The monoisotopic (exact) mass is 285 g/mol. The van der Waals surface area contributed by atoms with Gasteiger partial charge in [0.15, 0.2) is 0 Å². The highest BCUT2D eigenvalue weighted by atomic mass is 79.9. The van der Waals surface area contributed by atoms with Gasteiger partial charge in [0, 0.05) is 0 Å². The molecule has 2 heterocycles. The molecule has 1 N–H and O–H groups in total. The number of H-pyrrole nitrogens is 1. The molecule has 2 aromatic rings. The predicted octanol–water partition coefficient (Wildman–Crippen LogP) is 1.63. The minimum absolute atomic E-state index is 0.184. The fourth-order valence-corrected chi connectivity index (χ4v) is 1.78. The van der Waals surface area contributed by atoms with Crippen molar-refractivity contribution >= 4 is 21.7 Å². The Hall–Kier alpha value is -1.70. The Bertz CT molecular complexity index is 532. The second-order valence-electron chi connectivity index (χ2n) is 3.25. The van der Waals surface area contributed by atoms with Gasteiger partial charge < -0.3 is 15.1 Å². The third kappa shape index (κ3) is 2.11. The van der Waals surface area contributed by atoms with E-state index in [1.54, 1.807) is 12.4 Å². The smallest absolute Gasteiger partial charge is 0.358 e. The highest BCUT2D eigenvalue weighted by molar-refractivity contribution is 9.10. The van der Waals surface area contributed by atoms with Crippen molar-refractivity contribution in [2.24, 2.45) is 0 Å². The van der Waals surface area contributed by atoms with Crippen molar-refractivity contribution < 1.29 is 4.92 Å². The maximum Gasteiger partial charge on any atom is 0.404 e. The second-order valence-corrected chi connectivity index (χ2v) is 4.10. The van der Waals surface area contributed by atoms with Crippen molar-refractivity contribution in [1.82, 2.24) is 19.7 Å². The molecule has 0 fully saturated rings. The first-order valence-corrected chi connectivity index (χ1v) is 5.23. The summed E-state index contributed by atoms with van der Waals surface area (Å²) in [5, 5.41) is 14.4. The first-order valence-electron chi connectivity index (χ1n) is 4.44. The number of hydrogen-bond donors (Lipinski definition) is 1. The van der Waals surface area contributed by atoms with Crippen molar-refractivity contribution in [2.75, 3.05) is 0 Å². The van der Waals surface area contributed by atoms with Gasteiger partial charge in [0.2, 0.25) is 0 Å². The first kappa shape index (κ1) is 10.8. The molecule has 0 aliphatic carbocycles. The largest absolute Gasteiger partial charge is 0.404 e. The van der Waals surface area contributed by atoms with Crippen LogP contribution in [0.5, 0.6) is 0 Å². The number of imidazole rings is 1. The molecule has 0 spiro atoms. The van der Waals surface area contributed by atoms with Crippen LogP contribution in [0.4, 0.5) is 5.82 Å². The SMILES string of the molecule is Cc1ncc(Cn2cc(Br)c([N+](=O)[O-])n2)[nH]1. The van der Waals surface area contributed by atoms with Crippen molar-refractivity contribution in [2.45, 2.75) is 13.5 Å². The first-order chi connectivity index (χ1) is 7.56. The van der Waals surface area contributed by atoms with E-state index in [2.05, 4.69) is 31.0 Å². The maximum absolute atomic E-state index is 10.6. The zero-order valence-corrected chi connectivity index (χ0v) is 9.93. The zero-order chi connectivity index (χ0) is 11.7. The molecule has 2 aromatic heterocycles. The third-order valence-corrected chi connectivity index (χ3v) is 2.52. The minimum Gasteiger partial charge on any atom is -0.358 e. The summed E-state index contributed by atoms with van der Waals surface area (Å²) in [7, 11) is 0. The zero-order valence-electron chi connectivity index (χ0n) is 8.35. The molecule has 7 nitrogen and oxygen atoms in total. The Morgan fingerprint density at radius 2 is 2.44 bits per heavy atom. The van der Waals surface area contributed by atoms with Crippen LogP contribution >= 0.6 is 15.9 Å². The Morgan fingerprint density at radius 3 is 2.94 bits per heavy atom. The van der Waals surface area contributed by atoms with Crippen molar-refractivity contribution in [3.63, 3.8) is 0 Å². The van der Waals surface area contributed by atoms with Crippen LogP contribution in [0.25, 0.3) is 0 Å². The summed E-state index contributed by atoms with van der Waals surface area (Å²) in [5.74, 6) is 0.618. The lowest BCUT2D eigenvalue weighted by molar-refractivity contribution is -0.390. The van der Waals surface area contributed by atoms with Crippen LogP contribution in [0, 0.1) is 17.0 Å². The summed E-state index contributed by atoms with van der Waals surface area (Å²) in [6.45, 7) is 2.26. The van der Waals surface area contributed by atoms with Gasteiger partial charge in [0.05, 0.1) is 23.2 Å². The molecule has 8 heteroatoms. The van der Waals surface area contributed by atoms with Crippen LogP contribution in [0.1, 0.15) is 11.5 Å². The average molecular weight is 286 g/mol. The van der Waals surface area contributed by atoms with Gasteiger partial charge in [-0.25, -0.2) is 4.98 Å². The molecule has 16 heavy (non-hydrogen) atoms. The Balaban J connectivity index is 2.22. The average Bonchev–Trinajstić information content (AvgIpc) is 2.73. The van der Waals surface area contributed by atoms with Crippen molar-refractivity contribution in [1.29, 1.82) is 0 Å². The molecule has 0 aromatic carbocycles. The lowest BCUT2D eigenvalue weighted by Gasteiger charge is -1.91. The van der Waals surface area contributed by atoms with E-state index in [9.17, 15) is 10.1 Å². The Kier molecular flexibility index (Phi) is 2.73. The fraction of sp³-hybridized carbons (Fsp3) is 0.250. The van der Waals surface area contributed by atoms with E-state index in [-0.39, 0.29) is 5.82 Å². The van der Waals surface area contributed by atoms with Crippen molar-refractivity contribution in [3.05, 3.63) is 38.5 Å². The number of nitrogens with one attached hydrogen (secondary N) is 1. The van der Waals surface area contributed by atoms with Crippen LogP contribution in [0.2, 0.25) is 0 Å². The maximum atomic E-state index is 10.6. The molecule has 0 unspecified atom stereocenters. The van der Waals surface area contributed by atoms with E-state index in [0.29, 0.717) is 11.0 Å².